The lowest BCUT2D eigenvalue weighted by Crippen LogP contribution is -2.42. The zero-order valence-electron chi connectivity index (χ0n) is 13.3. The standard InChI is InChI=1S/C16H26N4O/c1-16(2,3)11-5-8-20(9-6-11)15(21)14-12-10-17-7-4-13(12)18-19-14/h11,17H,4-10H2,1-3H3,(H,18,19). The zero-order chi connectivity index (χ0) is 15.0. The summed E-state index contributed by atoms with van der Waals surface area (Å²) in [7, 11) is 0. The van der Waals surface area contributed by atoms with Gasteiger partial charge in [-0.05, 0) is 24.2 Å². The minimum Gasteiger partial charge on any atom is -0.337 e. The lowest BCUT2D eigenvalue weighted by molar-refractivity contribution is 0.0602. The molecule has 1 aromatic rings. The molecule has 3 rings (SSSR count). The van der Waals surface area contributed by atoms with Crippen LogP contribution in [0.15, 0.2) is 0 Å². The maximum Gasteiger partial charge on any atom is 0.274 e. The molecule has 5 heteroatoms. The number of aromatic nitrogens is 2. The quantitative estimate of drug-likeness (QED) is 0.831. The Labute approximate surface area is 126 Å². The van der Waals surface area contributed by atoms with Crippen molar-refractivity contribution in [2.24, 2.45) is 11.3 Å². The average Bonchev–Trinajstić information content (AvgIpc) is 2.90. The Morgan fingerprint density at radius 3 is 2.67 bits per heavy atom. The normalized spacial score (nSPS) is 20.4. The van der Waals surface area contributed by atoms with E-state index in [0.29, 0.717) is 17.0 Å². The maximum atomic E-state index is 12.7. The molecular weight excluding hydrogens is 264 g/mol. The number of rotatable bonds is 1. The van der Waals surface area contributed by atoms with E-state index in [-0.39, 0.29) is 5.91 Å². The number of amides is 1. The van der Waals surface area contributed by atoms with Gasteiger partial charge in [0.2, 0.25) is 0 Å². The van der Waals surface area contributed by atoms with E-state index in [1.54, 1.807) is 0 Å². The third-order valence-corrected chi connectivity index (χ3v) is 5.02. The van der Waals surface area contributed by atoms with E-state index in [2.05, 4.69) is 36.3 Å². The van der Waals surface area contributed by atoms with Crippen molar-refractivity contribution in [1.29, 1.82) is 0 Å². The molecule has 1 aromatic heterocycles. The second-order valence-electron chi connectivity index (χ2n) is 7.39. The number of fused-ring (bicyclic) bond motifs is 1. The summed E-state index contributed by atoms with van der Waals surface area (Å²) < 4.78 is 0. The van der Waals surface area contributed by atoms with Gasteiger partial charge < -0.3 is 10.2 Å². The fourth-order valence-corrected chi connectivity index (χ4v) is 3.50. The highest BCUT2D eigenvalue weighted by Crippen LogP contribution is 2.34. The molecule has 2 aliphatic heterocycles. The number of nitrogens with zero attached hydrogens (tertiary/aromatic N) is 2. The summed E-state index contributed by atoms with van der Waals surface area (Å²) in [6.07, 6.45) is 3.13. The maximum absolute atomic E-state index is 12.7. The van der Waals surface area contributed by atoms with Gasteiger partial charge in [-0.3, -0.25) is 9.89 Å². The highest BCUT2D eigenvalue weighted by molar-refractivity contribution is 5.94. The molecule has 116 valence electrons. The first-order valence-corrected chi connectivity index (χ1v) is 8.03. The van der Waals surface area contributed by atoms with Crippen molar-refractivity contribution in [2.75, 3.05) is 19.6 Å². The van der Waals surface area contributed by atoms with Crippen molar-refractivity contribution in [2.45, 2.75) is 46.6 Å². The molecule has 0 atom stereocenters. The van der Waals surface area contributed by atoms with Crippen molar-refractivity contribution in [1.82, 2.24) is 20.4 Å². The molecule has 0 spiro atoms. The van der Waals surface area contributed by atoms with E-state index >= 15 is 0 Å². The van der Waals surface area contributed by atoms with Gasteiger partial charge in [-0.2, -0.15) is 5.10 Å². The van der Waals surface area contributed by atoms with E-state index < -0.39 is 0 Å². The summed E-state index contributed by atoms with van der Waals surface area (Å²) >= 11 is 0. The molecule has 1 fully saturated rings. The van der Waals surface area contributed by atoms with E-state index in [1.807, 2.05) is 4.90 Å². The molecule has 0 unspecified atom stereocenters. The van der Waals surface area contributed by atoms with Crippen molar-refractivity contribution in [3.63, 3.8) is 0 Å². The van der Waals surface area contributed by atoms with Crippen molar-refractivity contribution in [3.8, 4) is 0 Å². The monoisotopic (exact) mass is 290 g/mol. The van der Waals surface area contributed by atoms with Gasteiger partial charge >= 0.3 is 0 Å². The van der Waals surface area contributed by atoms with Gasteiger partial charge in [-0.25, -0.2) is 0 Å². The second-order valence-corrected chi connectivity index (χ2v) is 7.39. The molecule has 2 aliphatic rings. The second kappa shape index (κ2) is 5.44. The minimum atomic E-state index is 0.101. The van der Waals surface area contributed by atoms with Crippen LogP contribution in [-0.2, 0) is 13.0 Å². The number of aromatic amines is 1. The summed E-state index contributed by atoms with van der Waals surface area (Å²) in [4.78, 5) is 14.7. The highest BCUT2D eigenvalue weighted by atomic mass is 16.2. The fourth-order valence-electron chi connectivity index (χ4n) is 3.50. The van der Waals surface area contributed by atoms with Crippen LogP contribution in [0.25, 0.3) is 0 Å². The third-order valence-electron chi connectivity index (χ3n) is 5.02. The molecule has 3 heterocycles. The first-order valence-electron chi connectivity index (χ1n) is 8.03. The van der Waals surface area contributed by atoms with Crippen molar-refractivity contribution >= 4 is 5.91 Å². The summed E-state index contributed by atoms with van der Waals surface area (Å²) in [5.41, 5.74) is 3.17. The van der Waals surface area contributed by atoms with E-state index in [4.69, 9.17) is 0 Å². The van der Waals surface area contributed by atoms with Crippen LogP contribution >= 0.6 is 0 Å². The first kappa shape index (κ1) is 14.6. The van der Waals surface area contributed by atoms with E-state index in [9.17, 15) is 4.79 Å². The lowest BCUT2D eigenvalue weighted by Gasteiger charge is -2.38. The van der Waals surface area contributed by atoms with Gasteiger partial charge in [0.05, 0.1) is 0 Å². The van der Waals surface area contributed by atoms with Gasteiger partial charge in [0.25, 0.3) is 5.91 Å². The highest BCUT2D eigenvalue weighted by Gasteiger charge is 2.32. The van der Waals surface area contributed by atoms with Gasteiger partial charge in [-0.15, -0.1) is 0 Å². The fraction of sp³-hybridized carbons (Fsp3) is 0.750. The molecule has 0 aliphatic carbocycles. The summed E-state index contributed by atoms with van der Waals surface area (Å²) in [5.74, 6) is 0.805. The predicted octanol–water partition coefficient (Wildman–Crippen LogP) is 1.95. The van der Waals surface area contributed by atoms with Crippen LogP contribution in [0.2, 0.25) is 0 Å². The van der Waals surface area contributed by atoms with Gasteiger partial charge in [0, 0.05) is 43.9 Å². The zero-order valence-corrected chi connectivity index (χ0v) is 13.3. The Morgan fingerprint density at radius 2 is 2.00 bits per heavy atom. The molecule has 21 heavy (non-hydrogen) atoms. The molecule has 1 saturated heterocycles. The topological polar surface area (TPSA) is 61.0 Å². The van der Waals surface area contributed by atoms with Crippen LogP contribution < -0.4 is 5.32 Å². The Bertz CT molecular complexity index is 521. The average molecular weight is 290 g/mol. The Hall–Kier alpha value is -1.36. The molecule has 0 bridgehead atoms. The largest absolute Gasteiger partial charge is 0.337 e. The van der Waals surface area contributed by atoms with Crippen molar-refractivity contribution in [3.05, 3.63) is 17.0 Å². The van der Waals surface area contributed by atoms with Crippen LogP contribution in [0.4, 0.5) is 0 Å². The lowest BCUT2D eigenvalue weighted by atomic mass is 9.75. The van der Waals surface area contributed by atoms with Crippen LogP contribution in [0.1, 0.15) is 55.4 Å². The number of carbonyl (C=O) groups is 1. The number of nitrogens with one attached hydrogen (secondary N) is 2. The van der Waals surface area contributed by atoms with Gasteiger partial charge in [-0.1, -0.05) is 20.8 Å². The van der Waals surface area contributed by atoms with Gasteiger partial charge in [0.15, 0.2) is 5.69 Å². The molecule has 0 aromatic carbocycles. The molecular formula is C16H26N4O. The van der Waals surface area contributed by atoms with Crippen molar-refractivity contribution < 1.29 is 4.79 Å². The molecule has 0 radical (unpaired) electrons. The SMILES string of the molecule is CC(C)(C)C1CCN(C(=O)c2n[nH]c3c2CNCC3)CC1. The number of likely N-dealkylation sites (tertiary alicyclic amines) is 1. The summed E-state index contributed by atoms with van der Waals surface area (Å²) in [5, 5.41) is 10.6. The van der Waals surface area contributed by atoms with E-state index in [0.717, 1.165) is 56.7 Å². The first-order chi connectivity index (χ1) is 9.97. The Kier molecular flexibility index (Phi) is 3.78. The minimum absolute atomic E-state index is 0.101. The Balaban J connectivity index is 1.69. The molecule has 5 nitrogen and oxygen atoms in total. The molecule has 1 amide bonds. The summed E-state index contributed by atoms with van der Waals surface area (Å²) in [6, 6.07) is 0. The number of piperidine rings is 1. The van der Waals surface area contributed by atoms with Gasteiger partial charge in [0.1, 0.15) is 0 Å². The molecule has 2 N–H and O–H groups in total. The number of carbonyl (C=O) groups excluding carboxylic acids is 1. The number of hydrogen-bond donors (Lipinski definition) is 2. The number of H-pyrrole nitrogens is 1. The van der Waals surface area contributed by atoms with Crippen LogP contribution in [0.5, 0.6) is 0 Å². The van der Waals surface area contributed by atoms with Crippen LogP contribution in [0, 0.1) is 11.3 Å². The van der Waals surface area contributed by atoms with Crippen LogP contribution in [-0.4, -0.2) is 40.6 Å². The van der Waals surface area contributed by atoms with Crippen LogP contribution in [0.3, 0.4) is 0 Å². The number of hydrogen-bond acceptors (Lipinski definition) is 3. The third kappa shape index (κ3) is 2.84. The smallest absolute Gasteiger partial charge is 0.274 e. The Morgan fingerprint density at radius 1 is 1.29 bits per heavy atom. The summed E-state index contributed by atoms with van der Waals surface area (Å²) in [6.45, 7) is 10.3. The molecule has 0 saturated carbocycles. The van der Waals surface area contributed by atoms with E-state index in [1.165, 1.54) is 0 Å². The predicted molar refractivity (Wildman–Crippen MR) is 82.1 cm³/mol.